The van der Waals surface area contributed by atoms with Crippen LogP contribution in [0.25, 0.3) is 0 Å². The lowest BCUT2D eigenvalue weighted by Crippen LogP contribution is -2.32. The molecule has 0 fully saturated rings. The normalized spacial score (nSPS) is 12.3. The Labute approximate surface area is 107 Å². The highest BCUT2D eigenvalue weighted by atomic mass is 19.1. The second-order valence-electron chi connectivity index (χ2n) is 4.54. The Kier molecular flexibility index (Phi) is 5.11. The van der Waals surface area contributed by atoms with Gasteiger partial charge in [0, 0.05) is 23.8 Å². The smallest absolute Gasteiger partial charge is 0.131 e. The van der Waals surface area contributed by atoms with Gasteiger partial charge in [-0.1, -0.05) is 6.07 Å². The fourth-order valence-corrected chi connectivity index (χ4v) is 2.02. The molecule has 1 aromatic carbocycles. The van der Waals surface area contributed by atoms with Crippen molar-refractivity contribution >= 4 is 5.69 Å². The standard InChI is InChI=1S/C14H19FN2O/c1-10(2)17(9-5-8-16)13-7-4-6-12(15)14(13)11(3)18/h4,6-7,10-11,18H,5,9H2,1-3H3/t11-/m1/s1. The molecule has 0 heterocycles. The first kappa shape index (κ1) is 14.5. The molecule has 4 heteroatoms. The second-order valence-corrected chi connectivity index (χ2v) is 4.54. The highest BCUT2D eigenvalue weighted by molar-refractivity contribution is 5.55. The first-order valence-corrected chi connectivity index (χ1v) is 6.09. The third-order valence-electron chi connectivity index (χ3n) is 2.84. The zero-order valence-corrected chi connectivity index (χ0v) is 11.0. The highest BCUT2D eigenvalue weighted by Crippen LogP contribution is 2.30. The van der Waals surface area contributed by atoms with Crippen molar-refractivity contribution < 1.29 is 9.50 Å². The van der Waals surface area contributed by atoms with Crippen molar-refractivity contribution in [2.75, 3.05) is 11.4 Å². The number of nitrogens with zero attached hydrogens (tertiary/aromatic N) is 2. The quantitative estimate of drug-likeness (QED) is 0.873. The van der Waals surface area contributed by atoms with Gasteiger partial charge >= 0.3 is 0 Å². The molecule has 1 N–H and O–H groups in total. The molecule has 0 saturated heterocycles. The maximum absolute atomic E-state index is 13.8. The topological polar surface area (TPSA) is 47.3 Å². The summed E-state index contributed by atoms with van der Waals surface area (Å²) in [6, 6.07) is 6.97. The Bertz CT molecular complexity index is 438. The predicted molar refractivity (Wildman–Crippen MR) is 69.7 cm³/mol. The molecule has 0 saturated carbocycles. The Morgan fingerprint density at radius 1 is 1.39 bits per heavy atom. The van der Waals surface area contributed by atoms with Crippen LogP contribution >= 0.6 is 0 Å². The van der Waals surface area contributed by atoms with E-state index < -0.39 is 11.9 Å². The molecule has 0 aliphatic carbocycles. The van der Waals surface area contributed by atoms with E-state index in [9.17, 15) is 9.50 Å². The van der Waals surface area contributed by atoms with Crippen LogP contribution in [0.5, 0.6) is 0 Å². The first-order valence-electron chi connectivity index (χ1n) is 6.09. The number of anilines is 1. The van der Waals surface area contributed by atoms with E-state index in [4.69, 9.17) is 5.26 Å². The van der Waals surface area contributed by atoms with E-state index >= 15 is 0 Å². The minimum Gasteiger partial charge on any atom is -0.389 e. The number of benzene rings is 1. The molecule has 3 nitrogen and oxygen atoms in total. The van der Waals surface area contributed by atoms with E-state index in [-0.39, 0.29) is 6.04 Å². The van der Waals surface area contributed by atoms with E-state index in [0.717, 1.165) is 0 Å². The summed E-state index contributed by atoms with van der Waals surface area (Å²) in [6.45, 7) is 6.03. The van der Waals surface area contributed by atoms with Gasteiger partial charge in [-0.25, -0.2) is 4.39 Å². The van der Waals surface area contributed by atoms with Gasteiger partial charge in [0.1, 0.15) is 5.82 Å². The summed E-state index contributed by atoms with van der Waals surface area (Å²) < 4.78 is 13.8. The molecule has 1 rings (SSSR count). The fraction of sp³-hybridized carbons (Fsp3) is 0.500. The van der Waals surface area contributed by atoms with Crippen LogP contribution in [0, 0.1) is 17.1 Å². The van der Waals surface area contributed by atoms with Crippen molar-refractivity contribution in [1.82, 2.24) is 0 Å². The summed E-state index contributed by atoms with van der Waals surface area (Å²) in [5, 5.41) is 18.4. The molecule has 0 radical (unpaired) electrons. The summed E-state index contributed by atoms with van der Waals surface area (Å²) in [5.41, 5.74) is 0.958. The molecule has 0 aliphatic rings. The Morgan fingerprint density at radius 3 is 2.56 bits per heavy atom. The fourth-order valence-electron chi connectivity index (χ4n) is 2.02. The molecule has 1 aromatic rings. The average molecular weight is 250 g/mol. The zero-order chi connectivity index (χ0) is 13.7. The molecular formula is C14H19FN2O. The lowest BCUT2D eigenvalue weighted by atomic mass is 10.0. The Hall–Kier alpha value is -1.60. The van der Waals surface area contributed by atoms with Crippen LogP contribution in [0.15, 0.2) is 18.2 Å². The molecular weight excluding hydrogens is 231 g/mol. The van der Waals surface area contributed by atoms with Crippen molar-refractivity contribution in [3.63, 3.8) is 0 Å². The van der Waals surface area contributed by atoms with Crippen LogP contribution in [0.3, 0.4) is 0 Å². The summed E-state index contributed by atoms with van der Waals surface area (Å²) >= 11 is 0. The van der Waals surface area contributed by atoms with Crippen LogP contribution in [-0.2, 0) is 0 Å². The molecule has 0 aromatic heterocycles. The van der Waals surface area contributed by atoms with Gasteiger partial charge in [0.05, 0.1) is 18.6 Å². The van der Waals surface area contributed by atoms with Crippen molar-refractivity contribution in [2.24, 2.45) is 0 Å². The van der Waals surface area contributed by atoms with Crippen LogP contribution in [0.1, 0.15) is 38.9 Å². The number of nitriles is 1. The Morgan fingerprint density at radius 2 is 2.06 bits per heavy atom. The van der Waals surface area contributed by atoms with Crippen LogP contribution < -0.4 is 4.90 Å². The third kappa shape index (κ3) is 3.21. The molecule has 18 heavy (non-hydrogen) atoms. The number of hydrogen-bond acceptors (Lipinski definition) is 3. The molecule has 0 amide bonds. The highest BCUT2D eigenvalue weighted by Gasteiger charge is 2.19. The summed E-state index contributed by atoms with van der Waals surface area (Å²) in [4.78, 5) is 1.94. The van der Waals surface area contributed by atoms with Crippen LogP contribution in [-0.4, -0.2) is 17.7 Å². The maximum Gasteiger partial charge on any atom is 0.131 e. The van der Waals surface area contributed by atoms with Gasteiger partial charge in [-0.05, 0) is 32.9 Å². The average Bonchev–Trinajstić information content (AvgIpc) is 2.28. The molecule has 0 aliphatic heterocycles. The van der Waals surface area contributed by atoms with E-state index in [0.29, 0.717) is 24.2 Å². The van der Waals surface area contributed by atoms with Gasteiger partial charge in [-0.15, -0.1) is 0 Å². The van der Waals surface area contributed by atoms with Crippen LogP contribution in [0.2, 0.25) is 0 Å². The first-order chi connectivity index (χ1) is 8.49. The number of aliphatic hydroxyl groups is 1. The van der Waals surface area contributed by atoms with Crippen molar-refractivity contribution in [1.29, 1.82) is 5.26 Å². The minimum absolute atomic E-state index is 0.137. The molecule has 0 bridgehead atoms. The van der Waals surface area contributed by atoms with E-state index in [1.165, 1.54) is 6.07 Å². The van der Waals surface area contributed by atoms with Gasteiger partial charge < -0.3 is 10.0 Å². The van der Waals surface area contributed by atoms with Crippen molar-refractivity contribution in [3.05, 3.63) is 29.6 Å². The summed E-state index contributed by atoms with van der Waals surface area (Å²) in [7, 11) is 0. The van der Waals surface area contributed by atoms with Gasteiger partial charge in [0.2, 0.25) is 0 Å². The number of aliphatic hydroxyl groups excluding tert-OH is 1. The van der Waals surface area contributed by atoms with Gasteiger partial charge in [-0.3, -0.25) is 0 Å². The summed E-state index contributed by atoms with van der Waals surface area (Å²) in [6.07, 6.45) is -0.502. The van der Waals surface area contributed by atoms with E-state index in [1.54, 1.807) is 19.1 Å². The third-order valence-corrected chi connectivity index (χ3v) is 2.84. The SMILES string of the molecule is CC(C)N(CCC#N)c1cccc(F)c1[C@@H](C)O. The Balaban J connectivity index is 3.19. The number of hydrogen-bond donors (Lipinski definition) is 1. The van der Waals surface area contributed by atoms with E-state index in [2.05, 4.69) is 6.07 Å². The molecule has 0 unspecified atom stereocenters. The lowest BCUT2D eigenvalue weighted by Gasteiger charge is -2.31. The predicted octanol–water partition coefficient (Wildman–Crippen LogP) is 3.01. The van der Waals surface area contributed by atoms with Crippen LogP contribution in [0.4, 0.5) is 10.1 Å². The molecule has 0 spiro atoms. The monoisotopic (exact) mass is 250 g/mol. The maximum atomic E-state index is 13.8. The molecule has 1 atom stereocenters. The second kappa shape index (κ2) is 6.36. The van der Waals surface area contributed by atoms with Gasteiger partial charge in [0.25, 0.3) is 0 Å². The van der Waals surface area contributed by atoms with Crippen molar-refractivity contribution in [2.45, 2.75) is 39.3 Å². The lowest BCUT2D eigenvalue weighted by molar-refractivity contribution is 0.194. The number of halogens is 1. The van der Waals surface area contributed by atoms with Crippen molar-refractivity contribution in [3.8, 4) is 6.07 Å². The van der Waals surface area contributed by atoms with E-state index in [1.807, 2.05) is 18.7 Å². The minimum atomic E-state index is -0.871. The zero-order valence-electron chi connectivity index (χ0n) is 11.0. The molecule has 98 valence electrons. The van der Waals surface area contributed by atoms with Gasteiger partial charge in [-0.2, -0.15) is 5.26 Å². The largest absolute Gasteiger partial charge is 0.389 e. The van der Waals surface area contributed by atoms with Gasteiger partial charge in [0.15, 0.2) is 0 Å². The number of rotatable bonds is 5. The summed E-state index contributed by atoms with van der Waals surface area (Å²) in [5.74, 6) is -0.412.